The number of benzene rings is 1. The number of nitrogens with zero attached hydrogens (tertiary/aromatic N) is 4. The zero-order valence-corrected chi connectivity index (χ0v) is 20.0. The number of hydrogen-bond acceptors (Lipinski definition) is 6. The molecular formula is C25H25BrN4O3. The summed E-state index contributed by atoms with van der Waals surface area (Å²) in [5.41, 5.74) is 2.06. The Hall–Kier alpha value is -2.97. The predicted octanol–water partition coefficient (Wildman–Crippen LogP) is 5.40. The molecule has 0 radical (unpaired) electrons. The lowest BCUT2D eigenvalue weighted by molar-refractivity contribution is 0.105. The Bertz CT molecular complexity index is 1280. The molecule has 0 spiro atoms. The van der Waals surface area contributed by atoms with Crippen LogP contribution in [0.3, 0.4) is 0 Å². The van der Waals surface area contributed by atoms with Crippen molar-refractivity contribution in [1.82, 2.24) is 19.4 Å². The number of halogens is 1. The standard InChI is InChI=1S/C25H25BrN4O3/c1-2-29-10-8-19(9-11-29)33-22-15-27-14-21-23(22)20-12-18(26)13-28-24(20)30(21)25(31)32-16-17-6-4-3-5-7-17/h3-7,12-15,19H,2,8-11,16H2,1H3. The minimum Gasteiger partial charge on any atom is -0.488 e. The fourth-order valence-corrected chi connectivity index (χ4v) is 4.69. The Balaban J connectivity index is 1.51. The van der Waals surface area contributed by atoms with E-state index in [2.05, 4.69) is 37.7 Å². The maximum Gasteiger partial charge on any atom is 0.420 e. The maximum absolute atomic E-state index is 13.2. The summed E-state index contributed by atoms with van der Waals surface area (Å²) in [4.78, 5) is 24.5. The van der Waals surface area contributed by atoms with Crippen LogP contribution in [0, 0.1) is 0 Å². The van der Waals surface area contributed by atoms with E-state index in [-0.39, 0.29) is 12.7 Å². The second-order valence-corrected chi connectivity index (χ2v) is 9.10. The van der Waals surface area contributed by atoms with Crippen LogP contribution in [0.25, 0.3) is 21.9 Å². The Morgan fingerprint density at radius 3 is 2.70 bits per heavy atom. The Kier molecular flexibility index (Phi) is 6.28. The van der Waals surface area contributed by atoms with E-state index >= 15 is 0 Å². The van der Waals surface area contributed by atoms with Crippen LogP contribution in [-0.4, -0.2) is 51.3 Å². The summed E-state index contributed by atoms with van der Waals surface area (Å²) in [6, 6.07) is 11.6. The van der Waals surface area contributed by atoms with Crippen molar-refractivity contribution in [3.63, 3.8) is 0 Å². The lowest BCUT2D eigenvalue weighted by Gasteiger charge is -2.31. The highest BCUT2D eigenvalue weighted by Crippen LogP contribution is 2.36. The second kappa shape index (κ2) is 9.49. The largest absolute Gasteiger partial charge is 0.488 e. The van der Waals surface area contributed by atoms with Crippen molar-refractivity contribution < 1.29 is 14.3 Å². The quantitative estimate of drug-likeness (QED) is 0.359. The number of ether oxygens (including phenoxy) is 2. The van der Waals surface area contributed by atoms with E-state index in [9.17, 15) is 4.79 Å². The summed E-state index contributed by atoms with van der Waals surface area (Å²) < 4.78 is 14.4. The molecule has 0 atom stereocenters. The summed E-state index contributed by atoms with van der Waals surface area (Å²) in [5, 5.41) is 1.64. The molecule has 7 nitrogen and oxygen atoms in total. The first-order valence-corrected chi connectivity index (χ1v) is 12.0. The van der Waals surface area contributed by atoms with Gasteiger partial charge in [0.1, 0.15) is 18.5 Å². The molecule has 4 aromatic rings. The smallest absolute Gasteiger partial charge is 0.420 e. The third kappa shape index (κ3) is 4.45. The monoisotopic (exact) mass is 508 g/mol. The molecule has 0 bridgehead atoms. The SMILES string of the molecule is CCN1CCC(Oc2cncc3c2c2cc(Br)cnc2n3C(=O)OCc2ccccc2)CC1. The second-order valence-electron chi connectivity index (χ2n) is 8.18. The Labute approximate surface area is 200 Å². The van der Waals surface area contributed by atoms with E-state index in [0.29, 0.717) is 16.9 Å². The number of carbonyl (C=O) groups excluding carboxylic acids is 1. The normalized spacial score (nSPS) is 15.2. The van der Waals surface area contributed by atoms with Gasteiger partial charge in [0.05, 0.1) is 23.3 Å². The zero-order chi connectivity index (χ0) is 22.8. The van der Waals surface area contributed by atoms with Crippen LogP contribution >= 0.6 is 15.9 Å². The van der Waals surface area contributed by atoms with Gasteiger partial charge >= 0.3 is 6.09 Å². The third-order valence-electron chi connectivity index (χ3n) is 6.11. The number of aromatic nitrogens is 3. The molecule has 1 aliphatic heterocycles. The van der Waals surface area contributed by atoms with Gasteiger partial charge in [0, 0.05) is 29.1 Å². The molecule has 1 saturated heterocycles. The number of carbonyl (C=O) groups is 1. The molecule has 0 N–H and O–H groups in total. The van der Waals surface area contributed by atoms with Gasteiger partial charge in [-0.3, -0.25) is 4.98 Å². The summed E-state index contributed by atoms with van der Waals surface area (Å²) in [7, 11) is 0. The topological polar surface area (TPSA) is 69.5 Å². The molecule has 1 aliphatic rings. The van der Waals surface area contributed by atoms with Crippen LogP contribution in [0.4, 0.5) is 4.79 Å². The fourth-order valence-electron chi connectivity index (χ4n) is 4.36. The average molecular weight is 509 g/mol. The molecule has 3 aromatic heterocycles. The fraction of sp³-hybridized carbons (Fsp3) is 0.320. The Morgan fingerprint density at radius 1 is 1.15 bits per heavy atom. The van der Waals surface area contributed by atoms with Crippen LogP contribution in [0.1, 0.15) is 25.3 Å². The first-order chi connectivity index (χ1) is 16.1. The maximum atomic E-state index is 13.2. The highest BCUT2D eigenvalue weighted by atomic mass is 79.9. The van der Waals surface area contributed by atoms with Crippen molar-refractivity contribution in [2.75, 3.05) is 19.6 Å². The summed E-state index contributed by atoms with van der Waals surface area (Å²) >= 11 is 3.51. The van der Waals surface area contributed by atoms with Crippen LogP contribution in [0.2, 0.25) is 0 Å². The van der Waals surface area contributed by atoms with Crippen molar-refractivity contribution in [2.24, 2.45) is 0 Å². The lowest BCUT2D eigenvalue weighted by atomic mass is 10.1. The first-order valence-electron chi connectivity index (χ1n) is 11.2. The van der Waals surface area contributed by atoms with Crippen molar-refractivity contribution >= 4 is 44.0 Å². The van der Waals surface area contributed by atoms with E-state index < -0.39 is 6.09 Å². The average Bonchev–Trinajstić information content (AvgIpc) is 3.18. The van der Waals surface area contributed by atoms with E-state index in [1.54, 1.807) is 18.6 Å². The predicted molar refractivity (Wildman–Crippen MR) is 131 cm³/mol. The van der Waals surface area contributed by atoms with Crippen molar-refractivity contribution in [1.29, 1.82) is 0 Å². The molecule has 170 valence electrons. The van der Waals surface area contributed by atoms with Gasteiger partial charge in [-0.1, -0.05) is 37.3 Å². The van der Waals surface area contributed by atoms with Gasteiger partial charge in [0.25, 0.3) is 0 Å². The van der Waals surface area contributed by atoms with Crippen molar-refractivity contribution in [3.8, 4) is 5.75 Å². The molecule has 4 heterocycles. The molecule has 1 aromatic carbocycles. The van der Waals surface area contributed by atoms with Gasteiger partial charge in [0.2, 0.25) is 0 Å². The van der Waals surface area contributed by atoms with E-state index in [1.807, 2.05) is 36.4 Å². The van der Waals surface area contributed by atoms with Gasteiger partial charge in [-0.05, 0) is 46.9 Å². The summed E-state index contributed by atoms with van der Waals surface area (Å²) in [6.07, 6.45) is 6.62. The van der Waals surface area contributed by atoms with Gasteiger partial charge in [-0.15, -0.1) is 0 Å². The van der Waals surface area contributed by atoms with Gasteiger partial charge < -0.3 is 14.4 Å². The highest BCUT2D eigenvalue weighted by molar-refractivity contribution is 9.10. The molecule has 1 fully saturated rings. The molecule has 5 rings (SSSR count). The van der Waals surface area contributed by atoms with Crippen LogP contribution in [-0.2, 0) is 11.3 Å². The van der Waals surface area contributed by atoms with E-state index in [0.717, 1.165) is 53.3 Å². The van der Waals surface area contributed by atoms with Crippen LogP contribution in [0.5, 0.6) is 5.75 Å². The van der Waals surface area contributed by atoms with E-state index in [4.69, 9.17) is 9.47 Å². The number of rotatable bonds is 5. The van der Waals surface area contributed by atoms with Crippen LogP contribution < -0.4 is 4.74 Å². The van der Waals surface area contributed by atoms with Crippen molar-refractivity contribution in [2.45, 2.75) is 32.5 Å². The summed E-state index contributed by atoms with van der Waals surface area (Å²) in [6.45, 7) is 5.46. The molecule has 0 aliphatic carbocycles. The minimum absolute atomic E-state index is 0.115. The number of likely N-dealkylation sites (tertiary alicyclic amines) is 1. The lowest BCUT2D eigenvalue weighted by Crippen LogP contribution is -2.38. The molecule has 8 heteroatoms. The van der Waals surface area contributed by atoms with Crippen LogP contribution in [0.15, 0.2) is 59.5 Å². The Morgan fingerprint density at radius 2 is 1.94 bits per heavy atom. The molecular weight excluding hydrogens is 484 g/mol. The molecule has 0 saturated carbocycles. The molecule has 0 unspecified atom stereocenters. The third-order valence-corrected chi connectivity index (χ3v) is 6.54. The molecule has 0 amide bonds. The van der Waals surface area contributed by atoms with E-state index in [1.165, 1.54) is 4.57 Å². The molecule has 33 heavy (non-hydrogen) atoms. The summed E-state index contributed by atoms with van der Waals surface area (Å²) in [5.74, 6) is 0.668. The zero-order valence-electron chi connectivity index (χ0n) is 18.4. The number of pyridine rings is 2. The number of fused-ring (bicyclic) bond motifs is 3. The first kappa shape index (κ1) is 21.9. The van der Waals surface area contributed by atoms with Gasteiger partial charge in [0.15, 0.2) is 5.65 Å². The number of hydrogen-bond donors (Lipinski definition) is 0. The minimum atomic E-state index is -0.496. The highest BCUT2D eigenvalue weighted by Gasteiger charge is 2.25. The van der Waals surface area contributed by atoms with Crippen molar-refractivity contribution in [3.05, 3.63) is 65.0 Å². The number of piperidine rings is 1. The van der Waals surface area contributed by atoms with Gasteiger partial charge in [-0.2, -0.15) is 0 Å². The van der Waals surface area contributed by atoms with Gasteiger partial charge in [-0.25, -0.2) is 14.3 Å².